The van der Waals surface area contributed by atoms with Crippen molar-refractivity contribution in [1.82, 2.24) is 4.90 Å². The molecule has 11 heavy (non-hydrogen) atoms. The molecule has 0 fully saturated rings. The molecule has 0 saturated carbocycles. The van der Waals surface area contributed by atoms with Crippen LogP contribution in [0.15, 0.2) is 0 Å². The lowest BCUT2D eigenvalue weighted by molar-refractivity contribution is 0.361. The first-order valence-electron chi connectivity index (χ1n) is 4.25. The summed E-state index contributed by atoms with van der Waals surface area (Å²) in [5.74, 6) is 0. The second kappa shape index (κ2) is 7.32. The van der Waals surface area contributed by atoms with E-state index in [4.69, 9.17) is 0 Å². The van der Waals surface area contributed by atoms with Crippen molar-refractivity contribution in [2.45, 2.75) is 37.3 Å². The third-order valence-electron chi connectivity index (χ3n) is 1.76. The Morgan fingerprint density at radius 2 is 1.82 bits per heavy atom. The second-order valence-electron chi connectivity index (χ2n) is 2.89. The van der Waals surface area contributed by atoms with E-state index in [0.29, 0.717) is 0 Å². The standard InChI is InChI=1S/C8H19NS2/c1-3-4-5-6-7-9(2)8(10)11/h8,10-11H,3-7H2,1-2H3. The minimum Gasteiger partial charge on any atom is -0.287 e. The molecule has 0 aromatic carbocycles. The number of rotatable bonds is 6. The van der Waals surface area contributed by atoms with E-state index in [-0.39, 0.29) is 4.71 Å². The molecule has 0 aliphatic heterocycles. The average Bonchev–Trinajstić information content (AvgIpc) is 1.97. The SMILES string of the molecule is CCCCCCN(C)C(S)S. The van der Waals surface area contributed by atoms with E-state index >= 15 is 0 Å². The zero-order valence-electron chi connectivity index (χ0n) is 7.45. The van der Waals surface area contributed by atoms with E-state index in [1.165, 1.54) is 25.7 Å². The Bertz CT molecular complexity index is 86.2. The molecule has 0 unspecified atom stereocenters. The molecule has 0 aromatic heterocycles. The van der Waals surface area contributed by atoms with Crippen molar-refractivity contribution in [2.24, 2.45) is 0 Å². The first kappa shape index (κ1) is 11.7. The van der Waals surface area contributed by atoms with Crippen LogP contribution in [0.2, 0.25) is 0 Å². The largest absolute Gasteiger partial charge is 0.287 e. The van der Waals surface area contributed by atoms with Crippen LogP contribution in [0.5, 0.6) is 0 Å². The molecule has 0 saturated heterocycles. The summed E-state index contributed by atoms with van der Waals surface area (Å²) in [6.45, 7) is 3.33. The summed E-state index contributed by atoms with van der Waals surface area (Å²) in [5.41, 5.74) is 0. The second-order valence-corrected chi connectivity index (χ2v) is 4.27. The highest BCUT2D eigenvalue weighted by Crippen LogP contribution is 2.07. The first-order valence-corrected chi connectivity index (χ1v) is 5.28. The number of hydrogen-bond acceptors (Lipinski definition) is 3. The van der Waals surface area contributed by atoms with Crippen molar-refractivity contribution < 1.29 is 0 Å². The molecule has 0 atom stereocenters. The molecule has 0 aliphatic rings. The van der Waals surface area contributed by atoms with Gasteiger partial charge in [0.15, 0.2) is 0 Å². The Hall–Kier alpha value is 0.660. The molecule has 0 spiro atoms. The van der Waals surface area contributed by atoms with Crippen LogP contribution in [0.25, 0.3) is 0 Å². The Labute approximate surface area is 81.4 Å². The van der Waals surface area contributed by atoms with Gasteiger partial charge in [0, 0.05) is 0 Å². The maximum Gasteiger partial charge on any atom is 0.0967 e. The van der Waals surface area contributed by atoms with Crippen molar-refractivity contribution in [3.05, 3.63) is 0 Å². The molecular weight excluding hydrogens is 174 g/mol. The smallest absolute Gasteiger partial charge is 0.0967 e. The lowest BCUT2D eigenvalue weighted by atomic mass is 10.2. The summed E-state index contributed by atoms with van der Waals surface area (Å²) >= 11 is 8.42. The number of thiol groups is 2. The van der Waals surface area contributed by atoms with E-state index in [1.807, 2.05) is 0 Å². The molecule has 0 aromatic rings. The van der Waals surface area contributed by atoms with Crippen molar-refractivity contribution in [3.63, 3.8) is 0 Å². The lowest BCUT2D eigenvalue weighted by Gasteiger charge is -2.18. The Balaban J connectivity index is 3.10. The van der Waals surface area contributed by atoms with E-state index in [9.17, 15) is 0 Å². The molecule has 0 aliphatic carbocycles. The van der Waals surface area contributed by atoms with Gasteiger partial charge >= 0.3 is 0 Å². The Kier molecular flexibility index (Phi) is 7.76. The van der Waals surface area contributed by atoms with Gasteiger partial charge in [-0.15, -0.1) is 25.3 Å². The average molecular weight is 193 g/mol. The highest BCUT2D eigenvalue weighted by Gasteiger charge is 2.02. The quantitative estimate of drug-likeness (QED) is 0.373. The van der Waals surface area contributed by atoms with Crippen LogP contribution in [0.3, 0.4) is 0 Å². The van der Waals surface area contributed by atoms with Crippen LogP contribution in [0.1, 0.15) is 32.6 Å². The van der Waals surface area contributed by atoms with Crippen molar-refractivity contribution in [2.75, 3.05) is 13.6 Å². The monoisotopic (exact) mass is 193 g/mol. The van der Waals surface area contributed by atoms with Gasteiger partial charge in [-0.3, -0.25) is 4.90 Å². The van der Waals surface area contributed by atoms with Gasteiger partial charge in [-0.25, -0.2) is 0 Å². The molecule has 0 N–H and O–H groups in total. The summed E-state index contributed by atoms with van der Waals surface area (Å²) in [6, 6.07) is 0. The maximum atomic E-state index is 4.21. The first-order chi connectivity index (χ1) is 5.18. The van der Waals surface area contributed by atoms with Gasteiger partial charge in [0.05, 0.1) is 4.71 Å². The van der Waals surface area contributed by atoms with Crippen LogP contribution >= 0.6 is 25.3 Å². The number of nitrogens with zero attached hydrogens (tertiary/aromatic N) is 1. The van der Waals surface area contributed by atoms with Gasteiger partial charge in [0.1, 0.15) is 0 Å². The molecule has 3 heteroatoms. The summed E-state index contributed by atoms with van der Waals surface area (Å²) in [7, 11) is 2.05. The van der Waals surface area contributed by atoms with Crippen molar-refractivity contribution in [1.29, 1.82) is 0 Å². The number of hydrogen-bond donors (Lipinski definition) is 2. The topological polar surface area (TPSA) is 3.24 Å². The summed E-state index contributed by atoms with van der Waals surface area (Å²) in [4.78, 5) is 2.14. The predicted molar refractivity (Wildman–Crippen MR) is 58.5 cm³/mol. The van der Waals surface area contributed by atoms with E-state index in [2.05, 4.69) is 44.1 Å². The normalized spacial score (nSPS) is 11.5. The highest BCUT2D eigenvalue weighted by atomic mass is 32.2. The van der Waals surface area contributed by atoms with Crippen molar-refractivity contribution >= 4 is 25.3 Å². The zero-order valence-corrected chi connectivity index (χ0v) is 9.24. The summed E-state index contributed by atoms with van der Waals surface area (Å²) < 4.78 is 0.0941. The summed E-state index contributed by atoms with van der Waals surface area (Å²) in [5, 5.41) is 0. The van der Waals surface area contributed by atoms with Crippen LogP contribution in [0, 0.1) is 0 Å². The third kappa shape index (κ3) is 7.04. The van der Waals surface area contributed by atoms with Crippen LogP contribution in [-0.4, -0.2) is 23.2 Å². The molecule has 68 valence electrons. The minimum atomic E-state index is 0.0941. The predicted octanol–water partition coefficient (Wildman–Crippen LogP) is 2.64. The third-order valence-corrected chi connectivity index (χ3v) is 2.55. The van der Waals surface area contributed by atoms with Gasteiger partial charge in [-0.2, -0.15) is 0 Å². The van der Waals surface area contributed by atoms with Gasteiger partial charge in [-0.1, -0.05) is 26.2 Å². The molecule has 0 rings (SSSR count). The van der Waals surface area contributed by atoms with Crippen LogP contribution in [-0.2, 0) is 0 Å². The lowest BCUT2D eigenvalue weighted by Crippen LogP contribution is -2.23. The van der Waals surface area contributed by atoms with Crippen LogP contribution < -0.4 is 0 Å². The number of unbranched alkanes of at least 4 members (excludes halogenated alkanes) is 3. The van der Waals surface area contributed by atoms with E-state index in [0.717, 1.165) is 6.54 Å². The Morgan fingerprint density at radius 3 is 2.27 bits per heavy atom. The van der Waals surface area contributed by atoms with Gasteiger partial charge in [0.25, 0.3) is 0 Å². The van der Waals surface area contributed by atoms with Crippen LogP contribution in [0.4, 0.5) is 0 Å². The minimum absolute atomic E-state index is 0.0941. The van der Waals surface area contributed by atoms with Gasteiger partial charge in [-0.05, 0) is 20.0 Å². The fraction of sp³-hybridized carbons (Fsp3) is 1.00. The molecule has 1 nitrogen and oxygen atoms in total. The molecule has 0 amide bonds. The Morgan fingerprint density at radius 1 is 1.18 bits per heavy atom. The highest BCUT2D eigenvalue weighted by molar-refractivity contribution is 7.99. The van der Waals surface area contributed by atoms with E-state index in [1.54, 1.807) is 0 Å². The fourth-order valence-corrected chi connectivity index (χ4v) is 1.13. The molecule has 0 radical (unpaired) electrons. The molecule has 0 bridgehead atoms. The van der Waals surface area contributed by atoms with Gasteiger partial charge < -0.3 is 0 Å². The fourth-order valence-electron chi connectivity index (χ4n) is 0.903. The zero-order chi connectivity index (χ0) is 8.69. The van der Waals surface area contributed by atoms with Crippen molar-refractivity contribution in [3.8, 4) is 0 Å². The summed E-state index contributed by atoms with van der Waals surface area (Å²) in [6.07, 6.45) is 5.24. The van der Waals surface area contributed by atoms with E-state index < -0.39 is 0 Å². The molecular formula is C8H19NS2. The molecule has 0 heterocycles. The maximum absolute atomic E-state index is 4.21. The van der Waals surface area contributed by atoms with Gasteiger partial charge in [0.2, 0.25) is 0 Å².